The van der Waals surface area contributed by atoms with Crippen molar-refractivity contribution in [1.29, 1.82) is 0 Å². The summed E-state index contributed by atoms with van der Waals surface area (Å²) in [6, 6.07) is 0. The molecule has 16 heavy (non-hydrogen) atoms. The zero-order valence-electron chi connectivity index (χ0n) is 9.91. The Morgan fingerprint density at radius 1 is 1.38 bits per heavy atom. The molecule has 0 atom stereocenters. The third kappa shape index (κ3) is 3.32. The minimum absolute atomic E-state index is 0.418. The van der Waals surface area contributed by atoms with E-state index in [4.69, 9.17) is 5.84 Å². The third-order valence-corrected chi connectivity index (χ3v) is 2.12. The normalized spacial score (nSPS) is 11.3. The van der Waals surface area contributed by atoms with Crippen LogP contribution in [0.5, 0.6) is 0 Å². The fourth-order valence-corrected chi connectivity index (χ4v) is 1.32. The van der Waals surface area contributed by atoms with Crippen LogP contribution in [0.4, 0.5) is 11.6 Å². The largest absolute Gasteiger partial charge is 0.389 e. The summed E-state index contributed by atoms with van der Waals surface area (Å²) in [4.78, 5) is 8.16. The first-order valence-electron chi connectivity index (χ1n) is 5.24. The fraction of sp³-hybridized carbons (Fsp3) is 0.600. The van der Waals surface area contributed by atoms with Crippen molar-refractivity contribution >= 4 is 11.6 Å². The molecule has 1 rings (SSSR count). The van der Waals surface area contributed by atoms with Crippen LogP contribution in [0.1, 0.15) is 26.3 Å². The molecule has 0 radical (unpaired) electrons. The lowest BCUT2D eigenvalue weighted by Gasteiger charge is -2.19. The SMILES string of the molecule is CCc1c(NN)ncnc1NCC(C)(C)O. The Balaban J connectivity index is 2.87. The lowest BCUT2D eigenvalue weighted by atomic mass is 10.1. The van der Waals surface area contributed by atoms with E-state index in [9.17, 15) is 5.11 Å². The van der Waals surface area contributed by atoms with Gasteiger partial charge in [-0.1, -0.05) is 6.92 Å². The maximum atomic E-state index is 9.62. The van der Waals surface area contributed by atoms with Crippen molar-refractivity contribution in [3.05, 3.63) is 11.9 Å². The molecule has 0 saturated carbocycles. The molecule has 1 aromatic rings. The van der Waals surface area contributed by atoms with Crippen LogP contribution in [0.3, 0.4) is 0 Å². The van der Waals surface area contributed by atoms with Crippen molar-refractivity contribution in [1.82, 2.24) is 9.97 Å². The van der Waals surface area contributed by atoms with E-state index in [-0.39, 0.29) is 0 Å². The Morgan fingerprint density at radius 2 is 2.00 bits per heavy atom. The van der Waals surface area contributed by atoms with Gasteiger partial charge in [0.15, 0.2) is 0 Å². The molecule has 1 heterocycles. The van der Waals surface area contributed by atoms with Crippen LogP contribution < -0.4 is 16.6 Å². The van der Waals surface area contributed by atoms with Gasteiger partial charge >= 0.3 is 0 Å². The van der Waals surface area contributed by atoms with Gasteiger partial charge in [0.25, 0.3) is 0 Å². The van der Waals surface area contributed by atoms with Crippen LogP contribution in [0.15, 0.2) is 6.33 Å². The van der Waals surface area contributed by atoms with Crippen LogP contribution in [-0.4, -0.2) is 27.2 Å². The molecule has 0 aliphatic carbocycles. The number of hydrogen-bond donors (Lipinski definition) is 4. The lowest BCUT2D eigenvalue weighted by Crippen LogP contribution is -2.30. The Kier molecular flexibility index (Phi) is 4.03. The molecule has 6 heteroatoms. The predicted octanol–water partition coefficient (Wildman–Crippen LogP) is 0.507. The second kappa shape index (κ2) is 5.09. The Morgan fingerprint density at radius 3 is 2.50 bits per heavy atom. The van der Waals surface area contributed by atoms with E-state index >= 15 is 0 Å². The molecular weight excluding hydrogens is 206 g/mol. The monoisotopic (exact) mass is 225 g/mol. The van der Waals surface area contributed by atoms with Gasteiger partial charge in [-0.3, -0.25) is 0 Å². The van der Waals surface area contributed by atoms with Crippen molar-refractivity contribution < 1.29 is 5.11 Å². The van der Waals surface area contributed by atoms with Gasteiger partial charge in [-0.2, -0.15) is 0 Å². The highest BCUT2D eigenvalue weighted by Gasteiger charge is 2.14. The number of nitrogens with zero attached hydrogens (tertiary/aromatic N) is 2. The summed E-state index contributed by atoms with van der Waals surface area (Å²) in [6.07, 6.45) is 2.19. The highest BCUT2D eigenvalue weighted by Crippen LogP contribution is 2.19. The van der Waals surface area contributed by atoms with E-state index in [0.29, 0.717) is 18.2 Å². The van der Waals surface area contributed by atoms with Crippen molar-refractivity contribution in [2.24, 2.45) is 5.84 Å². The molecule has 1 aromatic heterocycles. The highest BCUT2D eigenvalue weighted by molar-refractivity contribution is 5.56. The van der Waals surface area contributed by atoms with Crippen molar-refractivity contribution in [2.45, 2.75) is 32.8 Å². The molecule has 90 valence electrons. The van der Waals surface area contributed by atoms with Crippen LogP contribution >= 0.6 is 0 Å². The quantitative estimate of drug-likeness (QED) is 0.430. The van der Waals surface area contributed by atoms with Crippen LogP contribution in [-0.2, 0) is 6.42 Å². The number of hydrazine groups is 1. The van der Waals surface area contributed by atoms with E-state index < -0.39 is 5.60 Å². The molecule has 0 spiro atoms. The van der Waals surface area contributed by atoms with E-state index in [1.165, 1.54) is 6.33 Å². The van der Waals surface area contributed by atoms with Crippen molar-refractivity contribution in [3.63, 3.8) is 0 Å². The van der Waals surface area contributed by atoms with E-state index in [1.54, 1.807) is 13.8 Å². The Hall–Kier alpha value is -1.40. The van der Waals surface area contributed by atoms with Crippen LogP contribution in [0.25, 0.3) is 0 Å². The second-order valence-corrected chi connectivity index (χ2v) is 4.21. The average molecular weight is 225 g/mol. The number of nitrogens with two attached hydrogens (primary N) is 1. The highest BCUT2D eigenvalue weighted by atomic mass is 16.3. The maximum absolute atomic E-state index is 9.62. The number of nitrogen functional groups attached to an aromatic ring is 1. The number of hydrogen-bond acceptors (Lipinski definition) is 6. The topological polar surface area (TPSA) is 96.1 Å². The van der Waals surface area contributed by atoms with Crippen LogP contribution in [0, 0.1) is 0 Å². The van der Waals surface area contributed by atoms with Gasteiger partial charge in [0, 0.05) is 12.1 Å². The number of nitrogens with one attached hydrogen (secondary N) is 2. The van der Waals surface area contributed by atoms with Gasteiger partial charge in [0.2, 0.25) is 0 Å². The molecule has 0 fully saturated rings. The molecule has 0 bridgehead atoms. The zero-order chi connectivity index (χ0) is 12.2. The first-order valence-corrected chi connectivity index (χ1v) is 5.24. The van der Waals surface area contributed by atoms with Gasteiger partial charge in [-0.05, 0) is 20.3 Å². The first-order chi connectivity index (χ1) is 7.48. The molecule has 5 N–H and O–H groups in total. The molecular formula is C10H19N5O. The number of rotatable bonds is 5. The van der Waals surface area contributed by atoms with Crippen molar-refractivity contribution in [2.75, 3.05) is 17.3 Å². The summed E-state index contributed by atoms with van der Waals surface area (Å²) in [7, 11) is 0. The minimum Gasteiger partial charge on any atom is -0.389 e. The summed E-state index contributed by atoms with van der Waals surface area (Å²) >= 11 is 0. The third-order valence-electron chi connectivity index (χ3n) is 2.12. The zero-order valence-corrected chi connectivity index (χ0v) is 9.91. The van der Waals surface area contributed by atoms with Gasteiger partial charge in [0.05, 0.1) is 5.60 Å². The molecule has 0 aliphatic rings. The summed E-state index contributed by atoms with van der Waals surface area (Å²) in [6.45, 7) is 5.87. The predicted molar refractivity (Wildman–Crippen MR) is 64.0 cm³/mol. The molecule has 0 aliphatic heterocycles. The smallest absolute Gasteiger partial charge is 0.148 e. The summed E-state index contributed by atoms with van der Waals surface area (Å²) < 4.78 is 0. The van der Waals surface area contributed by atoms with Gasteiger partial charge < -0.3 is 15.8 Å². The van der Waals surface area contributed by atoms with Gasteiger partial charge in [-0.25, -0.2) is 15.8 Å². The standard InChI is InChI=1S/C10H19N5O/c1-4-7-8(12-5-10(2,3)16)13-6-14-9(7)15-11/h6,16H,4-5,11H2,1-3H3,(H2,12,13,14,15). The summed E-state index contributed by atoms with van der Waals surface area (Å²) in [5, 5.41) is 12.7. The molecule has 0 aromatic carbocycles. The van der Waals surface area contributed by atoms with Gasteiger partial charge in [-0.15, -0.1) is 0 Å². The van der Waals surface area contributed by atoms with Gasteiger partial charge in [0.1, 0.15) is 18.0 Å². The Bertz CT molecular complexity index is 348. The van der Waals surface area contributed by atoms with Crippen LogP contribution in [0.2, 0.25) is 0 Å². The Labute approximate surface area is 95.3 Å². The summed E-state index contributed by atoms with van der Waals surface area (Å²) in [5.41, 5.74) is 2.66. The molecule has 0 saturated heterocycles. The number of aliphatic hydroxyl groups is 1. The van der Waals surface area contributed by atoms with E-state index in [2.05, 4.69) is 20.7 Å². The number of aromatic nitrogens is 2. The fourth-order valence-electron chi connectivity index (χ4n) is 1.32. The summed E-state index contributed by atoms with van der Waals surface area (Å²) in [5.74, 6) is 6.67. The molecule has 0 unspecified atom stereocenters. The minimum atomic E-state index is -0.785. The second-order valence-electron chi connectivity index (χ2n) is 4.21. The molecule has 6 nitrogen and oxygen atoms in total. The van der Waals surface area contributed by atoms with E-state index in [1.807, 2.05) is 6.92 Å². The lowest BCUT2D eigenvalue weighted by molar-refractivity contribution is 0.0944. The molecule has 0 amide bonds. The maximum Gasteiger partial charge on any atom is 0.148 e. The van der Waals surface area contributed by atoms with E-state index in [0.717, 1.165) is 12.0 Å². The van der Waals surface area contributed by atoms with Crippen molar-refractivity contribution in [3.8, 4) is 0 Å². The average Bonchev–Trinajstić information content (AvgIpc) is 2.24. The number of anilines is 2. The first kappa shape index (κ1) is 12.7.